The molecule has 0 saturated heterocycles. The van der Waals surface area contributed by atoms with Gasteiger partial charge < -0.3 is 10.5 Å². The smallest absolute Gasteiger partial charge is 0.123 e. The lowest BCUT2D eigenvalue weighted by atomic mass is 9.94. The van der Waals surface area contributed by atoms with Gasteiger partial charge in [0.1, 0.15) is 5.82 Å². The van der Waals surface area contributed by atoms with Crippen molar-refractivity contribution in [2.24, 2.45) is 11.7 Å². The van der Waals surface area contributed by atoms with E-state index in [0.717, 1.165) is 10.0 Å². The number of methoxy groups -OCH3 is 1. The van der Waals surface area contributed by atoms with E-state index in [1.807, 2.05) is 0 Å². The van der Waals surface area contributed by atoms with Gasteiger partial charge in [0.05, 0.1) is 6.10 Å². The van der Waals surface area contributed by atoms with E-state index in [4.69, 9.17) is 10.5 Å². The normalized spacial score (nSPS) is 15.0. The number of hydrogen-bond donors (Lipinski definition) is 1. The average molecular weight is 304 g/mol. The highest BCUT2D eigenvalue weighted by molar-refractivity contribution is 9.10. The third-order valence-electron chi connectivity index (χ3n) is 2.81. The Hall–Kier alpha value is -0.450. The van der Waals surface area contributed by atoms with Crippen LogP contribution in [0.4, 0.5) is 4.39 Å². The van der Waals surface area contributed by atoms with Gasteiger partial charge in [0.15, 0.2) is 0 Å². The molecule has 0 radical (unpaired) electrons. The second-order valence-corrected chi connectivity index (χ2v) is 5.40. The average Bonchev–Trinajstić information content (AvgIpc) is 2.24. The summed E-state index contributed by atoms with van der Waals surface area (Å²) in [4.78, 5) is 0. The van der Waals surface area contributed by atoms with Crippen LogP contribution in [0.25, 0.3) is 0 Å². The third kappa shape index (κ3) is 4.05. The molecule has 2 unspecified atom stereocenters. The van der Waals surface area contributed by atoms with E-state index < -0.39 is 0 Å². The van der Waals surface area contributed by atoms with Crippen molar-refractivity contribution < 1.29 is 9.13 Å². The van der Waals surface area contributed by atoms with Crippen LogP contribution in [0, 0.1) is 11.7 Å². The van der Waals surface area contributed by atoms with Crippen molar-refractivity contribution in [3.8, 4) is 0 Å². The second kappa shape index (κ2) is 6.47. The number of ether oxygens (including phenoxy) is 1. The van der Waals surface area contributed by atoms with Crippen LogP contribution in [0.1, 0.15) is 19.4 Å². The Balaban J connectivity index is 2.79. The molecule has 0 saturated carbocycles. The minimum absolute atomic E-state index is 0.0230. The highest BCUT2D eigenvalue weighted by atomic mass is 79.9. The Morgan fingerprint density at radius 1 is 1.41 bits per heavy atom. The van der Waals surface area contributed by atoms with Crippen LogP contribution >= 0.6 is 15.9 Å². The topological polar surface area (TPSA) is 35.2 Å². The van der Waals surface area contributed by atoms with Crippen LogP contribution in [-0.2, 0) is 11.2 Å². The maximum absolute atomic E-state index is 13.1. The minimum Gasteiger partial charge on any atom is -0.380 e. The summed E-state index contributed by atoms with van der Waals surface area (Å²) in [5, 5.41) is 0. The van der Waals surface area contributed by atoms with Gasteiger partial charge in [-0.05, 0) is 36.1 Å². The molecule has 1 aromatic carbocycles. The SMILES string of the molecule is COC(C(C)C)C(N)Cc1cc(F)ccc1Br. The zero-order valence-corrected chi connectivity index (χ0v) is 12.0. The molecule has 96 valence electrons. The van der Waals surface area contributed by atoms with E-state index in [9.17, 15) is 4.39 Å². The lowest BCUT2D eigenvalue weighted by Gasteiger charge is -2.26. The van der Waals surface area contributed by atoms with Gasteiger partial charge in [-0.15, -0.1) is 0 Å². The van der Waals surface area contributed by atoms with Crippen LogP contribution in [0.2, 0.25) is 0 Å². The van der Waals surface area contributed by atoms with Crippen LogP contribution in [-0.4, -0.2) is 19.3 Å². The van der Waals surface area contributed by atoms with Gasteiger partial charge in [-0.2, -0.15) is 0 Å². The fourth-order valence-electron chi connectivity index (χ4n) is 2.01. The van der Waals surface area contributed by atoms with E-state index in [2.05, 4.69) is 29.8 Å². The fourth-order valence-corrected chi connectivity index (χ4v) is 2.42. The molecule has 0 aliphatic heterocycles. The Kier molecular flexibility index (Phi) is 5.56. The highest BCUT2D eigenvalue weighted by Gasteiger charge is 2.21. The predicted molar refractivity (Wildman–Crippen MR) is 71.4 cm³/mol. The summed E-state index contributed by atoms with van der Waals surface area (Å²) >= 11 is 3.40. The number of halogens is 2. The fraction of sp³-hybridized carbons (Fsp3) is 0.538. The van der Waals surface area contributed by atoms with Crippen molar-refractivity contribution in [2.45, 2.75) is 32.4 Å². The maximum atomic E-state index is 13.1. The molecule has 0 spiro atoms. The number of benzene rings is 1. The number of hydrogen-bond acceptors (Lipinski definition) is 2. The van der Waals surface area contributed by atoms with Gasteiger partial charge in [-0.3, -0.25) is 0 Å². The first-order chi connectivity index (χ1) is 7.95. The Morgan fingerprint density at radius 2 is 2.06 bits per heavy atom. The molecule has 1 rings (SSSR count). The Labute approximate surface area is 110 Å². The summed E-state index contributed by atoms with van der Waals surface area (Å²) in [5.74, 6) is 0.0937. The van der Waals surface area contributed by atoms with Gasteiger partial charge in [0, 0.05) is 17.6 Å². The molecule has 2 nitrogen and oxygen atoms in total. The molecule has 0 amide bonds. The largest absolute Gasteiger partial charge is 0.380 e. The molecule has 2 N–H and O–H groups in total. The molecular formula is C13H19BrFNO. The molecule has 17 heavy (non-hydrogen) atoms. The van der Waals surface area contributed by atoms with Crippen LogP contribution in [0.15, 0.2) is 22.7 Å². The zero-order valence-electron chi connectivity index (χ0n) is 10.4. The molecular weight excluding hydrogens is 285 g/mol. The molecule has 0 fully saturated rings. The van der Waals surface area contributed by atoms with Gasteiger partial charge in [-0.25, -0.2) is 4.39 Å². The van der Waals surface area contributed by atoms with Crippen molar-refractivity contribution in [1.29, 1.82) is 0 Å². The standard InChI is InChI=1S/C13H19BrFNO/c1-8(2)13(17-3)12(16)7-9-6-10(15)4-5-11(9)14/h4-6,8,12-13H,7,16H2,1-3H3. The number of nitrogens with two attached hydrogens (primary N) is 1. The molecule has 0 aliphatic carbocycles. The quantitative estimate of drug-likeness (QED) is 0.907. The van der Waals surface area contributed by atoms with Gasteiger partial charge in [0.2, 0.25) is 0 Å². The Morgan fingerprint density at radius 3 is 2.59 bits per heavy atom. The van der Waals surface area contributed by atoms with Crippen molar-refractivity contribution in [1.82, 2.24) is 0 Å². The minimum atomic E-state index is -0.242. The molecule has 4 heteroatoms. The molecule has 2 atom stereocenters. The van der Waals surface area contributed by atoms with Crippen molar-refractivity contribution in [3.05, 3.63) is 34.1 Å². The lowest BCUT2D eigenvalue weighted by Crippen LogP contribution is -2.41. The highest BCUT2D eigenvalue weighted by Crippen LogP contribution is 2.21. The van der Waals surface area contributed by atoms with E-state index in [1.165, 1.54) is 12.1 Å². The summed E-state index contributed by atoms with van der Waals surface area (Å²) in [6.45, 7) is 4.13. The summed E-state index contributed by atoms with van der Waals surface area (Å²) in [5.41, 5.74) is 6.99. The van der Waals surface area contributed by atoms with Crippen LogP contribution in [0.5, 0.6) is 0 Å². The van der Waals surface area contributed by atoms with E-state index >= 15 is 0 Å². The third-order valence-corrected chi connectivity index (χ3v) is 3.59. The second-order valence-electron chi connectivity index (χ2n) is 4.55. The lowest BCUT2D eigenvalue weighted by molar-refractivity contribution is 0.0441. The van der Waals surface area contributed by atoms with Crippen molar-refractivity contribution in [2.75, 3.05) is 7.11 Å². The van der Waals surface area contributed by atoms with Crippen molar-refractivity contribution in [3.63, 3.8) is 0 Å². The zero-order chi connectivity index (χ0) is 13.0. The molecule has 0 heterocycles. The summed E-state index contributed by atoms with van der Waals surface area (Å²) in [6, 6.07) is 4.50. The van der Waals surface area contributed by atoms with Gasteiger partial charge >= 0.3 is 0 Å². The molecule has 0 aromatic heterocycles. The summed E-state index contributed by atoms with van der Waals surface area (Å²) in [6.07, 6.45) is 0.569. The molecule has 0 aliphatic rings. The first kappa shape index (κ1) is 14.6. The molecule has 0 bridgehead atoms. The summed E-state index contributed by atoms with van der Waals surface area (Å²) < 4.78 is 19.4. The first-order valence-electron chi connectivity index (χ1n) is 5.68. The Bertz CT molecular complexity index is 370. The maximum Gasteiger partial charge on any atom is 0.123 e. The van der Waals surface area contributed by atoms with Gasteiger partial charge in [-0.1, -0.05) is 29.8 Å². The van der Waals surface area contributed by atoms with E-state index in [1.54, 1.807) is 13.2 Å². The summed E-state index contributed by atoms with van der Waals surface area (Å²) in [7, 11) is 1.66. The monoisotopic (exact) mass is 303 g/mol. The molecule has 1 aromatic rings. The van der Waals surface area contributed by atoms with E-state index in [-0.39, 0.29) is 18.0 Å². The first-order valence-corrected chi connectivity index (χ1v) is 6.47. The van der Waals surface area contributed by atoms with E-state index in [0.29, 0.717) is 12.3 Å². The van der Waals surface area contributed by atoms with Gasteiger partial charge in [0.25, 0.3) is 0 Å². The van der Waals surface area contributed by atoms with Crippen molar-refractivity contribution >= 4 is 15.9 Å². The number of rotatable bonds is 5. The van der Waals surface area contributed by atoms with Crippen LogP contribution in [0.3, 0.4) is 0 Å². The van der Waals surface area contributed by atoms with Crippen LogP contribution < -0.4 is 5.73 Å². The predicted octanol–water partition coefficient (Wildman–Crippen LogP) is 3.13.